The molecule has 0 radical (unpaired) electrons. The fraction of sp³-hybridized carbons (Fsp3) is 0.524. The van der Waals surface area contributed by atoms with Crippen molar-refractivity contribution in [2.45, 2.75) is 57.8 Å². The molecule has 1 aromatic rings. The molecule has 2 bridgehead atoms. The van der Waals surface area contributed by atoms with Crippen molar-refractivity contribution in [3.8, 4) is 0 Å². The van der Waals surface area contributed by atoms with E-state index in [0.29, 0.717) is 6.42 Å². The number of hydrogen-bond acceptors (Lipinski definition) is 5. The van der Waals surface area contributed by atoms with Gasteiger partial charge in [-0.2, -0.15) is 0 Å². The summed E-state index contributed by atoms with van der Waals surface area (Å²) in [6.07, 6.45) is 7.56. The molecule has 27 heavy (non-hydrogen) atoms. The fourth-order valence-electron chi connectivity index (χ4n) is 3.82. The quantitative estimate of drug-likeness (QED) is 0.232. The van der Waals surface area contributed by atoms with Gasteiger partial charge in [0.1, 0.15) is 6.29 Å². The molecule has 0 amide bonds. The first-order valence-electron chi connectivity index (χ1n) is 9.75. The lowest BCUT2D eigenvalue weighted by Gasteiger charge is -2.27. The topological polar surface area (TPSA) is 61.8 Å². The minimum Gasteiger partial charge on any atom is -0.463 e. The fourth-order valence-corrected chi connectivity index (χ4v) is 3.82. The summed E-state index contributed by atoms with van der Waals surface area (Å²) >= 11 is 0. The van der Waals surface area contributed by atoms with E-state index < -0.39 is 7.12 Å². The van der Waals surface area contributed by atoms with Crippen LogP contribution in [0.3, 0.4) is 0 Å². The summed E-state index contributed by atoms with van der Waals surface area (Å²) in [4.78, 5) is 23.2. The summed E-state index contributed by atoms with van der Waals surface area (Å²) in [7, 11) is -0.415. The monoisotopic (exact) mass is 370 g/mol. The van der Waals surface area contributed by atoms with Crippen LogP contribution in [0.15, 0.2) is 42.5 Å². The standard InChI is InChI=1S/C21H27BO5/c1-15(2)25-21(24)12-8-4-7-11-17-18(14-23)20-13-19(17)26-22(27-20)16-9-5-3-6-10-16/h3,5-7,9-11,14-15,17-20H,4,8,12-13H2,1-2H3/b11-7-/t17-,18-,19+,20-/m1/s1. The lowest BCUT2D eigenvalue weighted by Crippen LogP contribution is -2.45. The molecule has 1 heterocycles. The zero-order chi connectivity index (χ0) is 19.2. The minimum atomic E-state index is -0.415. The summed E-state index contributed by atoms with van der Waals surface area (Å²) in [6, 6.07) is 9.82. The van der Waals surface area contributed by atoms with Gasteiger partial charge in [-0.05, 0) is 38.6 Å². The van der Waals surface area contributed by atoms with E-state index in [9.17, 15) is 9.59 Å². The lowest BCUT2D eigenvalue weighted by molar-refractivity contribution is -0.147. The van der Waals surface area contributed by atoms with Crippen LogP contribution in [0.5, 0.6) is 0 Å². The molecule has 4 atom stereocenters. The number of carbonyl (C=O) groups excluding carboxylic acids is 2. The van der Waals surface area contributed by atoms with E-state index in [2.05, 4.69) is 6.08 Å². The largest absolute Gasteiger partial charge is 0.494 e. The highest BCUT2D eigenvalue weighted by Gasteiger charge is 2.50. The minimum absolute atomic E-state index is 0.0174. The van der Waals surface area contributed by atoms with Crippen LogP contribution in [0.1, 0.15) is 39.5 Å². The van der Waals surface area contributed by atoms with Crippen molar-refractivity contribution < 1.29 is 23.6 Å². The summed E-state index contributed by atoms with van der Waals surface area (Å²) in [5.74, 6) is -0.335. The maximum absolute atomic E-state index is 11.7. The van der Waals surface area contributed by atoms with Gasteiger partial charge in [0.2, 0.25) is 0 Å². The average Bonchev–Trinajstić information content (AvgIpc) is 2.90. The highest BCUT2D eigenvalue weighted by molar-refractivity contribution is 6.61. The van der Waals surface area contributed by atoms with Crippen LogP contribution >= 0.6 is 0 Å². The normalized spacial score (nSPS) is 27.3. The average molecular weight is 370 g/mol. The van der Waals surface area contributed by atoms with Crippen LogP contribution in [0.4, 0.5) is 0 Å². The first-order chi connectivity index (χ1) is 13.1. The Kier molecular flexibility index (Phi) is 6.86. The molecule has 1 saturated carbocycles. The highest BCUT2D eigenvalue weighted by atomic mass is 16.6. The van der Waals surface area contributed by atoms with Crippen LogP contribution < -0.4 is 5.46 Å². The van der Waals surface area contributed by atoms with Gasteiger partial charge < -0.3 is 18.8 Å². The Labute approximate surface area is 161 Å². The number of unbranched alkanes of at least 4 members (excludes halogenated alkanes) is 1. The molecular weight excluding hydrogens is 343 g/mol. The Balaban J connectivity index is 1.54. The van der Waals surface area contributed by atoms with Gasteiger partial charge in [0.05, 0.1) is 18.3 Å². The van der Waals surface area contributed by atoms with Crippen LogP contribution in [0.25, 0.3) is 0 Å². The predicted molar refractivity (Wildman–Crippen MR) is 103 cm³/mol. The van der Waals surface area contributed by atoms with Gasteiger partial charge in [-0.15, -0.1) is 0 Å². The summed E-state index contributed by atoms with van der Waals surface area (Å²) < 4.78 is 17.3. The van der Waals surface area contributed by atoms with Crippen LogP contribution in [0.2, 0.25) is 0 Å². The van der Waals surface area contributed by atoms with Gasteiger partial charge in [-0.1, -0.05) is 42.5 Å². The first-order valence-corrected chi connectivity index (χ1v) is 9.75. The Bertz CT molecular complexity index is 660. The molecule has 2 fully saturated rings. The van der Waals surface area contributed by atoms with Crippen molar-refractivity contribution in [3.05, 3.63) is 42.5 Å². The van der Waals surface area contributed by atoms with Gasteiger partial charge in [0, 0.05) is 18.3 Å². The van der Waals surface area contributed by atoms with Crippen molar-refractivity contribution in [1.82, 2.24) is 0 Å². The van der Waals surface area contributed by atoms with Crippen molar-refractivity contribution >= 4 is 24.8 Å². The second-order valence-corrected chi connectivity index (χ2v) is 7.48. The number of allylic oxidation sites excluding steroid dienone is 1. The SMILES string of the molecule is CC(C)OC(=O)CCC/C=C\[C@@H]1[C@@H](C=O)[C@H]2C[C@@H]1OB(c1ccccc1)O2. The molecule has 5 nitrogen and oxygen atoms in total. The molecule has 3 rings (SSSR count). The van der Waals surface area contributed by atoms with Crippen molar-refractivity contribution in [2.75, 3.05) is 0 Å². The van der Waals surface area contributed by atoms with Crippen LogP contribution in [-0.2, 0) is 23.6 Å². The van der Waals surface area contributed by atoms with Crippen molar-refractivity contribution in [2.24, 2.45) is 11.8 Å². The third kappa shape index (κ3) is 5.08. The maximum Gasteiger partial charge on any atom is 0.494 e. The third-order valence-electron chi connectivity index (χ3n) is 5.07. The maximum atomic E-state index is 11.7. The van der Waals surface area contributed by atoms with Crippen molar-refractivity contribution in [3.63, 3.8) is 0 Å². The third-order valence-corrected chi connectivity index (χ3v) is 5.07. The number of ether oxygens (including phenoxy) is 1. The smallest absolute Gasteiger partial charge is 0.463 e. The molecule has 1 aliphatic heterocycles. The molecule has 1 saturated heterocycles. The second kappa shape index (κ2) is 9.33. The van der Waals surface area contributed by atoms with E-state index >= 15 is 0 Å². The molecule has 0 unspecified atom stereocenters. The Morgan fingerprint density at radius 2 is 1.93 bits per heavy atom. The Hall–Kier alpha value is -1.92. The van der Waals surface area contributed by atoms with E-state index in [-0.39, 0.29) is 36.1 Å². The van der Waals surface area contributed by atoms with E-state index in [1.54, 1.807) is 0 Å². The number of aldehydes is 1. The van der Waals surface area contributed by atoms with Gasteiger partial charge in [0.25, 0.3) is 0 Å². The molecule has 1 aromatic carbocycles. The Morgan fingerprint density at radius 3 is 2.59 bits per heavy atom. The summed E-state index contributed by atoms with van der Waals surface area (Å²) in [5.41, 5.74) is 0.977. The van der Waals surface area contributed by atoms with Gasteiger partial charge in [-0.25, -0.2) is 0 Å². The van der Waals surface area contributed by atoms with Crippen LogP contribution in [-0.4, -0.2) is 37.7 Å². The number of fused-ring (bicyclic) bond motifs is 2. The molecule has 144 valence electrons. The second-order valence-electron chi connectivity index (χ2n) is 7.48. The highest BCUT2D eigenvalue weighted by Crippen LogP contribution is 2.40. The van der Waals surface area contributed by atoms with E-state index in [4.69, 9.17) is 14.0 Å². The number of rotatable bonds is 8. The molecule has 0 aromatic heterocycles. The summed E-state index contributed by atoms with van der Waals surface area (Å²) in [5, 5.41) is 0. The van der Waals surface area contributed by atoms with Gasteiger partial charge in [0.15, 0.2) is 0 Å². The van der Waals surface area contributed by atoms with Gasteiger partial charge in [-0.3, -0.25) is 4.79 Å². The zero-order valence-corrected chi connectivity index (χ0v) is 16.0. The molecule has 6 heteroatoms. The van der Waals surface area contributed by atoms with Crippen LogP contribution in [0, 0.1) is 11.8 Å². The molecule has 0 N–H and O–H groups in total. The number of esters is 1. The molecule has 1 aliphatic carbocycles. The van der Waals surface area contributed by atoms with Gasteiger partial charge >= 0.3 is 13.1 Å². The molecule has 0 spiro atoms. The zero-order valence-electron chi connectivity index (χ0n) is 16.0. The number of carbonyl (C=O) groups is 2. The first kappa shape index (κ1) is 19.8. The van der Waals surface area contributed by atoms with E-state index in [0.717, 1.165) is 31.0 Å². The van der Waals surface area contributed by atoms with E-state index in [1.807, 2.05) is 50.3 Å². The Morgan fingerprint density at radius 1 is 1.22 bits per heavy atom. The predicted octanol–water partition coefficient (Wildman–Crippen LogP) is 2.68. The summed E-state index contributed by atoms with van der Waals surface area (Å²) in [6.45, 7) is 3.69. The number of benzene rings is 1. The molecular formula is C21H27BO5. The van der Waals surface area contributed by atoms with E-state index in [1.165, 1.54) is 0 Å². The molecule has 2 aliphatic rings. The van der Waals surface area contributed by atoms with Crippen molar-refractivity contribution in [1.29, 1.82) is 0 Å². The lowest BCUT2D eigenvalue weighted by atomic mass is 9.77. The number of hydrogen-bond donors (Lipinski definition) is 0.